The van der Waals surface area contributed by atoms with Crippen LogP contribution in [-0.2, 0) is 6.42 Å². The molecule has 0 saturated heterocycles. The summed E-state index contributed by atoms with van der Waals surface area (Å²) in [7, 11) is 0. The average molecular weight is 455 g/mol. The van der Waals surface area contributed by atoms with E-state index in [1.807, 2.05) is 42.6 Å². The molecule has 4 aromatic carbocycles. The molecular weight excluding hydrogens is 428 g/mol. The van der Waals surface area contributed by atoms with Gasteiger partial charge in [-0.25, -0.2) is 4.98 Å². The average Bonchev–Trinajstić information content (AvgIpc) is 3.33. The maximum absolute atomic E-state index is 6.34. The minimum Gasteiger partial charge on any atom is -0.435 e. The van der Waals surface area contributed by atoms with Crippen molar-refractivity contribution >= 4 is 21.9 Å². The highest BCUT2D eigenvalue weighted by molar-refractivity contribution is 6.00. The molecule has 0 radical (unpaired) electrons. The first-order valence-electron chi connectivity index (χ1n) is 12.1. The first-order chi connectivity index (χ1) is 17.2. The Morgan fingerprint density at radius 1 is 0.743 bits per heavy atom. The molecule has 0 spiro atoms. The summed E-state index contributed by atoms with van der Waals surface area (Å²) < 4.78 is 6.34. The lowest BCUT2D eigenvalue weighted by molar-refractivity contribution is 0.621. The van der Waals surface area contributed by atoms with Gasteiger partial charge in [0, 0.05) is 28.3 Å². The van der Waals surface area contributed by atoms with Gasteiger partial charge in [-0.1, -0.05) is 80.6 Å². The Morgan fingerprint density at radius 3 is 2.23 bits per heavy atom. The van der Waals surface area contributed by atoms with Crippen molar-refractivity contribution in [3.8, 4) is 33.8 Å². The van der Waals surface area contributed by atoms with Crippen LogP contribution in [0.2, 0.25) is 0 Å². The molecule has 0 amide bonds. The number of oxazole rings is 1. The van der Waals surface area contributed by atoms with Gasteiger partial charge in [-0.2, -0.15) is 0 Å². The topological polar surface area (TPSA) is 38.9 Å². The molecule has 0 fully saturated rings. The predicted molar refractivity (Wildman–Crippen MR) is 144 cm³/mol. The van der Waals surface area contributed by atoms with Crippen LogP contribution >= 0.6 is 0 Å². The van der Waals surface area contributed by atoms with Crippen LogP contribution in [0.15, 0.2) is 108 Å². The number of aromatic nitrogens is 2. The molecule has 0 bridgehead atoms. The van der Waals surface area contributed by atoms with Crippen LogP contribution < -0.4 is 0 Å². The molecule has 3 nitrogen and oxygen atoms in total. The molecule has 6 aromatic rings. The Balaban J connectivity index is 1.57. The van der Waals surface area contributed by atoms with Crippen molar-refractivity contribution in [1.82, 2.24) is 9.97 Å². The van der Waals surface area contributed by atoms with E-state index in [1.165, 1.54) is 10.9 Å². The summed E-state index contributed by atoms with van der Waals surface area (Å²) in [5, 5.41) is 2.35. The Morgan fingerprint density at radius 2 is 1.49 bits per heavy atom. The van der Waals surface area contributed by atoms with Crippen LogP contribution in [-0.4, -0.2) is 9.97 Å². The largest absolute Gasteiger partial charge is 0.435 e. The first-order valence-corrected chi connectivity index (χ1v) is 12.1. The fourth-order valence-corrected chi connectivity index (χ4v) is 4.76. The molecular formula is C32H26N2O. The molecule has 0 N–H and O–H groups in total. The van der Waals surface area contributed by atoms with Crippen molar-refractivity contribution in [2.75, 3.05) is 0 Å². The minimum atomic E-state index is 0.621. The van der Waals surface area contributed by atoms with E-state index in [2.05, 4.69) is 74.5 Å². The molecule has 2 heterocycles. The molecule has 2 aromatic heterocycles. The predicted octanol–water partition coefficient (Wildman–Crippen LogP) is 8.58. The number of rotatable bonds is 5. The molecule has 0 aliphatic carbocycles. The zero-order chi connectivity index (χ0) is 23.8. The van der Waals surface area contributed by atoms with E-state index < -0.39 is 0 Å². The van der Waals surface area contributed by atoms with E-state index in [1.54, 1.807) is 0 Å². The third-order valence-electron chi connectivity index (χ3n) is 6.34. The second kappa shape index (κ2) is 8.84. The number of fused-ring (bicyclic) bond motifs is 2. The standard InChI is InChI=1S/C32H26N2O/c1-21(2)17-22-13-14-27-25(18-22)15-16-33-30(27)26-19-28(23-9-5-3-6-10-23)31-29(20-26)34-32(35-31)24-11-7-4-8-12-24/h3-16,18-21H,17H2,1-2H3. The van der Waals surface area contributed by atoms with Crippen molar-refractivity contribution < 1.29 is 4.42 Å². The number of benzene rings is 4. The lowest BCUT2D eigenvalue weighted by Crippen LogP contribution is -1.94. The molecule has 0 aliphatic heterocycles. The molecule has 0 saturated carbocycles. The quantitative estimate of drug-likeness (QED) is 0.262. The highest BCUT2D eigenvalue weighted by atomic mass is 16.3. The van der Waals surface area contributed by atoms with Crippen LogP contribution in [0, 0.1) is 5.92 Å². The second-order valence-electron chi connectivity index (χ2n) is 9.44. The van der Waals surface area contributed by atoms with Gasteiger partial charge in [-0.05, 0) is 59.2 Å². The van der Waals surface area contributed by atoms with Crippen molar-refractivity contribution in [2.45, 2.75) is 20.3 Å². The lowest BCUT2D eigenvalue weighted by atomic mass is 9.96. The molecule has 170 valence electrons. The first kappa shape index (κ1) is 21.3. The Bertz CT molecular complexity index is 1630. The third kappa shape index (κ3) is 4.10. The van der Waals surface area contributed by atoms with Gasteiger partial charge in [0.2, 0.25) is 5.89 Å². The van der Waals surface area contributed by atoms with E-state index >= 15 is 0 Å². The van der Waals surface area contributed by atoms with Gasteiger partial charge in [0.05, 0.1) is 5.69 Å². The summed E-state index contributed by atoms with van der Waals surface area (Å²) in [5.74, 6) is 1.25. The zero-order valence-corrected chi connectivity index (χ0v) is 19.9. The highest BCUT2D eigenvalue weighted by Crippen LogP contribution is 2.38. The van der Waals surface area contributed by atoms with Gasteiger partial charge >= 0.3 is 0 Å². The van der Waals surface area contributed by atoms with Gasteiger partial charge < -0.3 is 4.42 Å². The Hall–Kier alpha value is -4.24. The minimum absolute atomic E-state index is 0.621. The van der Waals surface area contributed by atoms with Crippen LogP contribution in [0.1, 0.15) is 19.4 Å². The van der Waals surface area contributed by atoms with Crippen molar-refractivity contribution in [1.29, 1.82) is 0 Å². The third-order valence-corrected chi connectivity index (χ3v) is 6.34. The zero-order valence-electron chi connectivity index (χ0n) is 19.9. The highest BCUT2D eigenvalue weighted by Gasteiger charge is 2.17. The SMILES string of the molecule is CC(C)Cc1ccc2c(-c3cc(-c4ccccc4)c4oc(-c5ccccc5)nc4c3)nccc2c1. The van der Waals surface area contributed by atoms with Crippen molar-refractivity contribution in [2.24, 2.45) is 5.92 Å². The second-order valence-corrected chi connectivity index (χ2v) is 9.44. The van der Waals surface area contributed by atoms with Gasteiger partial charge in [0.15, 0.2) is 5.58 Å². The van der Waals surface area contributed by atoms with E-state index in [-0.39, 0.29) is 0 Å². The van der Waals surface area contributed by atoms with Gasteiger partial charge in [0.1, 0.15) is 5.52 Å². The summed E-state index contributed by atoms with van der Waals surface area (Å²) in [6.07, 6.45) is 2.97. The van der Waals surface area contributed by atoms with E-state index in [4.69, 9.17) is 14.4 Å². The lowest BCUT2D eigenvalue weighted by Gasteiger charge is -2.11. The normalized spacial score (nSPS) is 11.5. The van der Waals surface area contributed by atoms with Crippen molar-refractivity contribution in [3.05, 3.63) is 109 Å². The molecule has 0 unspecified atom stereocenters. The van der Waals surface area contributed by atoms with Gasteiger partial charge in [0.25, 0.3) is 0 Å². The number of nitrogens with zero attached hydrogens (tertiary/aromatic N) is 2. The van der Waals surface area contributed by atoms with Gasteiger partial charge in [-0.3, -0.25) is 4.98 Å². The Labute approximate surface area is 205 Å². The van der Waals surface area contributed by atoms with Gasteiger partial charge in [-0.15, -0.1) is 0 Å². The number of hydrogen-bond acceptors (Lipinski definition) is 3. The maximum atomic E-state index is 6.34. The Kier molecular flexibility index (Phi) is 5.38. The number of pyridine rings is 1. The number of hydrogen-bond donors (Lipinski definition) is 0. The summed E-state index contributed by atoms with van der Waals surface area (Å²) >= 11 is 0. The smallest absolute Gasteiger partial charge is 0.227 e. The molecule has 0 aliphatic rings. The summed E-state index contributed by atoms with van der Waals surface area (Å²) in [6, 6.07) is 33.5. The summed E-state index contributed by atoms with van der Waals surface area (Å²) in [5.41, 5.74) is 8.04. The monoisotopic (exact) mass is 454 g/mol. The van der Waals surface area contributed by atoms with Crippen LogP contribution in [0.3, 0.4) is 0 Å². The summed E-state index contributed by atoms with van der Waals surface area (Å²) in [4.78, 5) is 9.70. The van der Waals surface area contributed by atoms with E-state index in [0.717, 1.165) is 50.9 Å². The molecule has 35 heavy (non-hydrogen) atoms. The van der Waals surface area contributed by atoms with Crippen LogP contribution in [0.4, 0.5) is 0 Å². The molecule has 0 atom stereocenters. The maximum Gasteiger partial charge on any atom is 0.227 e. The van der Waals surface area contributed by atoms with E-state index in [9.17, 15) is 0 Å². The fraction of sp³-hybridized carbons (Fsp3) is 0.125. The fourth-order valence-electron chi connectivity index (χ4n) is 4.76. The summed E-state index contributed by atoms with van der Waals surface area (Å²) in [6.45, 7) is 4.51. The van der Waals surface area contributed by atoms with Crippen LogP contribution in [0.25, 0.3) is 55.7 Å². The van der Waals surface area contributed by atoms with Crippen molar-refractivity contribution in [3.63, 3.8) is 0 Å². The van der Waals surface area contributed by atoms with E-state index in [0.29, 0.717) is 11.8 Å². The van der Waals surface area contributed by atoms with Crippen LogP contribution in [0.5, 0.6) is 0 Å². The molecule has 3 heteroatoms. The molecule has 6 rings (SSSR count).